The highest BCUT2D eigenvalue weighted by molar-refractivity contribution is 7.16. The largest absolute Gasteiger partial charge is 0.467 e. The average Bonchev–Trinajstić information content (AvgIpc) is 3.18. The Labute approximate surface area is 137 Å². The maximum atomic E-state index is 11.8. The molecule has 2 amide bonds. The predicted molar refractivity (Wildman–Crippen MR) is 86.4 cm³/mol. The van der Waals surface area contributed by atoms with Gasteiger partial charge in [0.1, 0.15) is 11.2 Å². The summed E-state index contributed by atoms with van der Waals surface area (Å²) < 4.78 is 5.47. The second kappa shape index (κ2) is 7.36. The first kappa shape index (κ1) is 15.7. The van der Waals surface area contributed by atoms with Crippen molar-refractivity contribution in [3.05, 3.63) is 17.8 Å². The molecule has 0 spiro atoms. The smallest absolute Gasteiger partial charge is 0.258 e. The standard InChI is InChI=1S/C15H18N4O3S/c20-12(16-5-2-7-19-6-1-3-13(19)21)9-22-14-11-4-8-23-15(11)18-10-17-14/h4,8,10H,1-3,5-7,9H2,(H,16,20). The Morgan fingerprint density at radius 1 is 1.43 bits per heavy atom. The first-order chi connectivity index (χ1) is 11.2. The highest BCUT2D eigenvalue weighted by atomic mass is 32.1. The highest BCUT2D eigenvalue weighted by Crippen LogP contribution is 2.25. The van der Waals surface area contributed by atoms with Crippen LogP contribution in [0.1, 0.15) is 19.3 Å². The molecule has 1 fully saturated rings. The van der Waals surface area contributed by atoms with Gasteiger partial charge in [-0.05, 0) is 24.3 Å². The minimum absolute atomic E-state index is 0.0788. The molecule has 0 aromatic carbocycles. The molecule has 0 radical (unpaired) electrons. The van der Waals surface area contributed by atoms with E-state index >= 15 is 0 Å². The van der Waals surface area contributed by atoms with Crippen molar-refractivity contribution >= 4 is 33.4 Å². The number of hydrogen-bond donors (Lipinski definition) is 1. The van der Waals surface area contributed by atoms with E-state index in [4.69, 9.17) is 4.74 Å². The van der Waals surface area contributed by atoms with Crippen LogP contribution in [0.4, 0.5) is 0 Å². The molecule has 1 aliphatic rings. The van der Waals surface area contributed by atoms with Crippen LogP contribution in [0, 0.1) is 0 Å². The fraction of sp³-hybridized carbons (Fsp3) is 0.467. The lowest BCUT2D eigenvalue weighted by molar-refractivity contribution is -0.127. The molecule has 122 valence electrons. The van der Waals surface area contributed by atoms with Crippen molar-refractivity contribution < 1.29 is 14.3 Å². The van der Waals surface area contributed by atoms with Crippen molar-refractivity contribution in [2.75, 3.05) is 26.2 Å². The minimum atomic E-state index is -0.195. The zero-order valence-corrected chi connectivity index (χ0v) is 13.5. The van der Waals surface area contributed by atoms with Gasteiger partial charge >= 0.3 is 0 Å². The summed E-state index contributed by atoms with van der Waals surface area (Å²) in [6.07, 6.45) is 3.77. The van der Waals surface area contributed by atoms with Crippen molar-refractivity contribution in [2.24, 2.45) is 0 Å². The summed E-state index contributed by atoms with van der Waals surface area (Å²) >= 11 is 1.50. The Morgan fingerprint density at radius 2 is 2.35 bits per heavy atom. The summed E-state index contributed by atoms with van der Waals surface area (Å²) in [5, 5.41) is 5.52. The lowest BCUT2D eigenvalue weighted by Crippen LogP contribution is -2.33. The Balaban J connectivity index is 1.38. The van der Waals surface area contributed by atoms with Crippen LogP contribution in [0.25, 0.3) is 10.2 Å². The van der Waals surface area contributed by atoms with Crippen LogP contribution in [-0.4, -0.2) is 52.9 Å². The van der Waals surface area contributed by atoms with Gasteiger partial charge in [-0.1, -0.05) is 0 Å². The predicted octanol–water partition coefficient (Wildman–Crippen LogP) is 1.20. The fourth-order valence-corrected chi connectivity index (χ4v) is 3.23. The van der Waals surface area contributed by atoms with Crippen LogP contribution in [0.15, 0.2) is 17.8 Å². The van der Waals surface area contributed by atoms with E-state index in [1.807, 2.05) is 16.3 Å². The number of nitrogens with one attached hydrogen (secondary N) is 1. The number of nitrogens with zero attached hydrogens (tertiary/aromatic N) is 3. The van der Waals surface area contributed by atoms with Crippen molar-refractivity contribution in [1.29, 1.82) is 0 Å². The second-order valence-electron chi connectivity index (χ2n) is 5.29. The van der Waals surface area contributed by atoms with Gasteiger partial charge in [0.25, 0.3) is 5.91 Å². The van der Waals surface area contributed by atoms with Crippen molar-refractivity contribution in [1.82, 2.24) is 20.2 Å². The number of carbonyl (C=O) groups excluding carboxylic acids is 2. The quantitative estimate of drug-likeness (QED) is 0.769. The third-order valence-electron chi connectivity index (χ3n) is 3.66. The van der Waals surface area contributed by atoms with Crippen molar-refractivity contribution in [3.63, 3.8) is 0 Å². The molecular formula is C15H18N4O3S. The van der Waals surface area contributed by atoms with Crippen molar-refractivity contribution in [3.8, 4) is 5.88 Å². The summed E-state index contributed by atoms with van der Waals surface area (Å²) in [7, 11) is 0. The third-order valence-corrected chi connectivity index (χ3v) is 4.48. The molecule has 0 unspecified atom stereocenters. The number of rotatable bonds is 7. The van der Waals surface area contributed by atoms with Gasteiger partial charge in [0.2, 0.25) is 11.8 Å². The van der Waals surface area contributed by atoms with Crippen LogP contribution >= 0.6 is 11.3 Å². The van der Waals surface area contributed by atoms with E-state index in [0.29, 0.717) is 25.4 Å². The number of hydrogen-bond acceptors (Lipinski definition) is 6. The van der Waals surface area contributed by atoms with Gasteiger partial charge in [-0.2, -0.15) is 0 Å². The SMILES string of the molecule is O=C(COc1ncnc2sccc12)NCCCN1CCCC1=O. The van der Waals surface area contributed by atoms with Crippen LogP contribution in [0.2, 0.25) is 0 Å². The molecule has 1 saturated heterocycles. The second-order valence-corrected chi connectivity index (χ2v) is 6.19. The first-order valence-electron chi connectivity index (χ1n) is 7.59. The summed E-state index contributed by atoms with van der Waals surface area (Å²) in [4.78, 5) is 34.1. The molecule has 0 bridgehead atoms. The maximum absolute atomic E-state index is 11.8. The van der Waals surface area contributed by atoms with E-state index < -0.39 is 0 Å². The van der Waals surface area contributed by atoms with Crippen LogP contribution in [0.3, 0.4) is 0 Å². The summed E-state index contributed by atoms with van der Waals surface area (Å²) in [5.41, 5.74) is 0. The summed E-state index contributed by atoms with van der Waals surface area (Å²) in [5.74, 6) is 0.442. The van der Waals surface area contributed by atoms with Crippen LogP contribution in [-0.2, 0) is 9.59 Å². The van der Waals surface area contributed by atoms with Crippen LogP contribution < -0.4 is 10.1 Å². The van der Waals surface area contributed by atoms with Gasteiger partial charge in [0.05, 0.1) is 5.39 Å². The Bertz CT molecular complexity index is 703. The number of thiophene rings is 1. The number of likely N-dealkylation sites (tertiary alicyclic amines) is 1. The number of carbonyl (C=O) groups is 2. The van der Waals surface area contributed by atoms with E-state index in [9.17, 15) is 9.59 Å². The van der Waals surface area contributed by atoms with E-state index in [1.165, 1.54) is 17.7 Å². The summed E-state index contributed by atoms with van der Waals surface area (Å²) in [6, 6.07) is 1.88. The van der Waals surface area contributed by atoms with Crippen molar-refractivity contribution in [2.45, 2.75) is 19.3 Å². The monoisotopic (exact) mass is 334 g/mol. The number of aromatic nitrogens is 2. The molecule has 1 aliphatic heterocycles. The highest BCUT2D eigenvalue weighted by Gasteiger charge is 2.19. The first-order valence-corrected chi connectivity index (χ1v) is 8.47. The number of ether oxygens (including phenoxy) is 1. The zero-order valence-electron chi connectivity index (χ0n) is 12.7. The van der Waals surface area contributed by atoms with Crippen LogP contribution in [0.5, 0.6) is 5.88 Å². The number of fused-ring (bicyclic) bond motifs is 1. The van der Waals surface area contributed by atoms with E-state index in [2.05, 4.69) is 15.3 Å². The minimum Gasteiger partial charge on any atom is -0.467 e. The molecule has 0 saturated carbocycles. The molecule has 2 aromatic heterocycles. The van der Waals surface area contributed by atoms with Gasteiger partial charge in [0.15, 0.2) is 6.61 Å². The lowest BCUT2D eigenvalue weighted by Gasteiger charge is -2.15. The third kappa shape index (κ3) is 3.95. The molecule has 0 aliphatic carbocycles. The van der Waals surface area contributed by atoms with Gasteiger partial charge < -0.3 is 15.0 Å². The molecular weight excluding hydrogens is 316 g/mol. The molecule has 8 heteroatoms. The zero-order chi connectivity index (χ0) is 16.1. The Hall–Kier alpha value is -2.22. The lowest BCUT2D eigenvalue weighted by atomic mass is 10.4. The van der Waals surface area contributed by atoms with Gasteiger partial charge in [-0.15, -0.1) is 11.3 Å². The Kier molecular flexibility index (Phi) is 5.02. The molecule has 1 N–H and O–H groups in total. The number of amides is 2. The van der Waals surface area contributed by atoms with Gasteiger partial charge in [-0.25, -0.2) is 9.97 Å². The summed E-state index contributed by atoms with van der Waals surface area (Å²) in [6.45, 7) is 1.98. The molecule has 7 nitrogen and oxygen atoms in total. The maximum Gasteiger partial charge on any atom is 0.258 e. The molecule has 3 heterocycles. The van der Waals surface area contributed by atoms with E-state index in [0.717, 1.165) is 29.6 Å². The normalized spacial score (nSPS) is 14.4. The van der Waals surface area contributed by atoms with E-state index in [1.54, 1.807) is 0 Å². The van der Waals surface area contributed by atoms with Gasteiger partial charge in [-0.3, -0.25) is 9.59 Å². The topological polar surface area (TPSA) is 84.4 Å². The average molecular weight is 334 g/mol. The molecule has 0 atom stereocenters. The molecule has 2 aromatic rings. The molecule has 3 rings (SSSR count). The molecule has 23 heavy (non-hydrogen) atoms. The van der Waals surface area contributed by atoms with E-state index in [-0.39, 0.29) is 18.4 Å². The van der Waals surface area contributed by atoms with Gasteiger partial charge in [0, 0.05) is 26.1 Å². The fourth-order valence-electron chi connectivity index (χ4n) is 2.51. The Morgan fingerprint density at radius 3 is 3.17 bits per heavy atom.